The molecule has 7 rings (SSSR count). The van der Waals surface area contributed by atoms with E-state index in [0.29, 0.717) is 25.7 Å². The first-order chi connectivity index (χ1) is 27.5. The van der Waals surface area contributed by atoms with Crippen LogP contribution in [0, 0.1) is 50.2 Å². The van der Waals surface area contributed by atoms with E-state index in [1.54, 1.807) is 0 Å². The number of allylic oxidation sites excluding steroid dienone is 2. The van der Waals surface area contributed by atoms with Crippen molar-refractivity contribution in [2.24, 2.45) is 50.2 Å². The number of carbonyl (C=O) groups excluding carboxylic acids is 3. The Morgan fingerprint density at radius 3 is 2.05 bits per heavy atom. The summed E-state index contributed by atoms with van der Waals surface area (Å²) in [5.74, 6) is -1.17. The molecule has 0 bridgehead atoms. The molecule has 7 aliphatic rings. The molecule has 0 amide bonds. The SMILES string of the molecule is CC(=O)OC[C@@H]1O[C@H](O[C@H]2CC[C@]3(C)[C@H]4CC=C5[C@H]6CC(C)(C)CC[C@@]6(C(=O)O[C@H]6O[C@@H](CO)[C@H](O)[C@@H](O)[C@@H]6O)CC[C@@]5(C)[C@]4(C)CC[C@H]3[C@]2(C)C=O)[C@@H](O)[C@H](O)[C@H]1O. The molecule has 0 unspecified atom stereocenters. The summed E-state index contributed by atoms with van der Waals surface area (Å²) in [6.45, 7) is 13.7. The van der Waals surface area contributed by atoms with E-state index in [1.807, 2.05) is 6.92 Å². The fraction of sp³-hybridized carbons (Fsp3) is 0.886. The van der Waals surface area contributed by atoms with Gasteiger partial charge in [0.25, 0.3) is 0 Å². The van der Waals surface area contributed by atoms with E-state index in [0.717, 1.165) is 44.8 Å². The van der Waals surface area contributed by atoms with Gasteiger partial charge >= 0.3 is 11.9 Å². The van der Waals surface area contributed by atoms with Crippen molar-refractivity contribution in [3.63, 3.8) is 0 Å². The van der Waals surface area contributed by atoms with Crippen LogP contribution in [0.2, 0.25) is 0 Å². The molecule has 5 aliphatic carbocycles. The highest BCUT2D eigenvalue weighted by atomic mass is 16.7. The normalized spacial score (nSPS) is 51.7. The molecule has 0 radical (unpaired) electrons. The number of aliphatic hydroxyl groups excluding tert-OH is 7. The van der Waals surface area contributed by atoms with Crippen molar-refractivity contribution in [3.05, 3.63) is 11.6 Å². The zero-order chi connectivity index (χ0) is 43.2. The minimum atomic E-state index is -1.69. The molecule has 19 atom stereocenters. The van der Waals surface area contributed by atoms with E-state index in [-0.39, 0.29) is 46.0 Å². The highest BCUT2D eigenvalue weighted by Gasteiger charge is 2.70. The molecule has 7 N–H and O–H groups in total. The molecule has 334 valence electrons. The van der Waals surface area contributed by atoms with E-state index in [4.69, 9.17) is 23.7 Å². The Labute approximate surface area is 346 Å². The predicted molar refractivity (Wildman–Crippen MR) is 207 cm³/mol. The monoisotopic (exact) mass is 836 g/mol. The van der Waals surface area contributed by atoms with Crippen molar-refractivity contribution < 1.29 is 73.8 Å². The largest absolute Gasteiger partial charge is 0.463 e. The number of fused-ring (bicyclic) bond motifs is 7. The molecule has 15 nitrogen and oxygen atoms in total. The first-order valence-corrected chi connectivity index (χ1v) is 21.7. The van der Waals surface area contributed by atoms with Gasteiger partial charge in [0.15, 0.2) is 6.29 Å². The molecule has 4 saturated carbocycles. The van der Waals surface area contributed by atoms with Gasteiger partial charge < -0.3 is 64.2 Å². The maximum atomic E-state index is 14.6. The van der Waals surface area contributed by atoms with Gasteiger partial charge in [-0.05, 0) is 104 Å². The fourth-order valence-electron chi connectivity index (χ4n) is 13.6. The van der Waals surface area contributed by atoms with Gasteiger partial charge in [-0.1, -0.05) is 53.2 Å². The highest BCUT2D eigenvalue weighted by molar-refractivity contribution is 5.79. The first-order valence-electron chi connectivity index (χ1n) is 21.7. The number of rotatable bonds is 8. The summed E-state index contributed by atoms with van der Waals surface area (Å²) in [5.41, 5.74) is -1.50. The predicted octanol–water partition coefficient (Wildman–Crippen LogP) is 2.07. The first kappa shape index (κ1) is 45.0. The van der Waals surface area contributed by atoms with Gasteiger partial charge in [-0.3, -0.25) is 9.59 Å². The third kappa shape index (κ3) is 6.96. The van der Waals surface area contributed by atoms with E-state index in [2.05, 4.69) is 40.7 Å². The molecule has 6 fully saturated rings. The van der Waals surface area contributed by atoms with Gasteiger partial charge in [-0.2, -0.15) is 0 Å². The lowest BCUT2D eigenvalue weighted by molar-refractivity contribution is -0.327. The molecular formula is C44H68O15. The van der Waals surface area contributed by atoms with Crippen molar-refractivity contribution in [2.45, 2.75) is 180 Å². The fourth-order valence-corrected chi connectivity index (χ4v) is 13.6. The summed E-state index contributed by atoms with van der Waals surface area (Å²) in [5, 5.41) is 73.6. The molecule has 0 aromatic heterocycles. The number of carbonyl (C=O) groups is 3. The molecule has 59 heavy (non-hydrogen) atoms. The number of aliphatic hydroxyl groups is 7. The van der Waals surface area contributed by atoms with Gasteiger partial charge in [0.2, 0.25) is 6.29 Å². The quantitative estimate of drug-likeness (QED) is 0.0802. The minimum absolute atomic E-state index is 0.0630. The maximum Gasteiger partial charge on any atom is 0.315 e. The molecule has 2 aliphatic heterocycles. The molecule has 0 aromatic carbocycles. The second-order valence-corrected chi connectivity index (χ2v) is 20.9. The topological polar surface area (TPSA) is 239 Å². The van der Waals surface area contributed by atoms with Crippen LogP contribution in [0.15, 0.2) is 11.6 Å². The Morgan fingerprint density at radius 2 is 1.41 bits per heavy atom. The van der Waals surface area contributed by atoms with Crippen LogP contribution in [0.5, 0.6) is 0 Å². The van der Waals surface area contributed by atoms with Crippen molar-refractivity contribution in [3.8, 4) is 0 Å². The Hall–Kier alpha value is -2.05. The van der Waals surface area contributed by atoms with E-state index < -0.39 is 96.9 Å². The van der Waals surface area contributed by atoms with E-state index >= 15 is 0 Å². The standard InChI is InChI=1S/C44H68O15/c1-22(47)55-20-26-31(49)33(51)34(52)36(57-26)58-29-11-12-40(4)27(41(29,5)21-46)10-13-43(7)28(40)9-8-23-24-18-39(2,3)14-16-44(24,17-15-42(23,43)6)38(54)59-37-35(53)32(50)30(48)25(19-45)56-37/h8,21,24-37,45,48-53H,9-20H2,1-7H3/t24-,25+,26+,27-,28-,29+,30+,31+,32-,33-,34+,35+,36-,37-,40+,41+,42-,43-,44-/m1/s1. The summed E-state index contributed by atoms with van der Waals surface area (Å²) in [4.78, 5) is 39.5. The van der Waals surface area contributed by atoms with Crippen LogP contribution in [-0.2, 0) is 38.1 Å². The number of hydrogen-bond acceptors (Lipinski definition) is 15. The molecule has 15 heteroatoms. The second kappa shape index (κ2) is 15.6. The lowest BCUT2D eigenvalue weighted by Gasteiger charge is -2.71. The average Bonchev–Trinajstić information content (AvgIpc) is 3.18. The van der Waals surface area contributed by atoms with Gasteiger partial charge in [-0.25, -0.2) is 0 Å². The maximum absolute atomic E-state index is 14.6. The van der Waals surface area contributed by atoms with Crippen molar-refractivity contribution >= 4 is 18.2 Å². The molecular weight excluding hydrogens is 768 g/mol. The summed E-state index contributed by atoms with van der Waals surface area (Å²) in [6, 6.07) is 0. The highest BCUT2D eigenvalue weighted by Crippen LogP contribution is 2.76. The number of esters is 2. The Balaban J connectivity index is 1.15. The summed E-state index contributed by atoms with van der Waals surface area (Å²) in [7, 11) is 0. The van der Waals surface area contributed by atoms with Crippen LogP contribution in [0.3, 0.4) is 0 Å². The Bertz CT molecular complexity index is 1650. The Kier molecular flexibility index (Phi) is 11.9. The zero-order valence-electron chi connectivity index (χ0n) is 35.6. The van der Waals surface area contributed by atoms with E-state index in [1.165, 1.54) is 12.5 Å². The van der Waals surface area contributed by atoms with Gasteiger partial charge in [-0.15, -0.1) is 0 Å². The van der Waals surface area contributed by atoms with Crippen LogP contribution in [-0.4, -0.2) is 135 Å². The summed E-state index contributed by atoms with van der Waals surface area (Å²) in [6.07, 6.45) is -5.37. The van der Waals surface area contributed by atoms with Gasteiger partial charge in [0, 0.05) is 6.92 Å². The number of ether oxygens (including phenoxy) is 5. The molecule has 2 heterocycles. The zero-order valence-corrected chi connectivity index (χ0v) is 35.6. The second-order valence-electron chi connectivity index (χ2n) is 20.9. The molecule has 0 aromatic rings. The summed E-state index contributed by atoms with van der Waals surface area (Å²) < 4.78 is 29.0. The third-order valence-electron chi connectivity index (χ3n) is 17.4. The third-order valence-corrected chi connectivity index (χ3v) is 17.4. The number of aldehydes is 1. The van der Waals surface area contributed by atoms with Crippen molar-refractivity contribution in [1.82, 2.24) is 0 Å². The lowest BCUT2D eigenvalue weighted by Crippen LogP contribution is -2.67. The van der Waals surface area contributed by atoms with Crippen LogP contribution in [0.25, 0.3) is 0 Å². The number of hydrogen-bond donors (Lipinski definition) is 7. The van der Waals surface area contributed by atoms with Gasteiger partial charge in [0.05, 0.1) is 23.5 Å². The van der Waals surface area contributed by atoms with Crippen LogP contribution in [0.1, 0.15) is 113 Å². The molecule has 0 spiro atoms. The van der Waals surface area contributed by atoms with E-state index in [9.17, 15) is 50.1 Å². The van der Waals surface area contributed by atoms with Crippen LogP contribution >= 0.6 is 0 Å². The minimum Gasteiger partial charge on any atom is -0.463 e. The average molecular weight is 837 g/mol. The molecule has 2 saturated heterocycles. The summed E-state index contributed by atoms with van der Waals surface area (Å²) >= 11 is 0. The smallest absolute Gasteiger partial charge is 0.315 e. The van der Waals surface area contributed by atoms with Crippen LogP contribution in [0.4, 0.5) is 0 Å². The van der Waals surface area contributed by atoms with Crippen LogP contribution < -0.4 is 0 Å². The Morgan fingerprint density at radius 1 is 0.780 bits per heavy atom. The van der Waals surface area contributed by atoms with Crippen molar-refractivity contribution in [2.75, 3.05) is 13.2 Å². The van der Waals surface area contributed by atoms with Gasteiger partial charge in [0.1, 0.15) is 61.7 Å². The lowest BCUT2D eigenvalue weighted by atomic mass is 9.33. The van der Waals surface area contributed by atoms with Crippen molar-refractivity contribution in [1.29, 1.82) is 0 Å².